The summed E-state index contributed by atoms with van der Waals surface area (Å²) in [6.07, 6.45) is 3.99. The van der Waals surface area contributed by atoms with Gasteiger partial charge in [0.2, 0.25) is 11.8 Å². The lowest BCUT2D eigenvalue weighted by Crippen LogP contribution is -2.09. The first kappa shape index (κ1) is 20.8. The second-order valence-electron chi connectivity index (χ2n) is 6.18. The molecule has 3 N–H and O–H groups in total. The minimum atomic E-state index is -2.00. The van der Waals surface area contributed by atoms with E-state index in [1.54, 1.807) is 0 Å². The van der Waals surface area contributed by atoms with Crippen molar-refractivity contribution in [3.8, 4) is 17.0 Å². The van der Waals surface area contributed by atoms with E-state index in [-0.39, 0.29) is 44.2 Å². The van der Waals surface area contributed by atoms with Gasteiger partial charge in [0.15, 0.2) is 22.5 Å². The fourth-order valence-corrected chi connectivity index (χ4v) is 4.04. The number of nitrogens with zero attached hydrogens (tertiary/aromatic N) is 4. The van der Waals surface area contributed by atoms with Crippen molar-refractivity contribution in [2.75, 3.05) is 17.6 Å². The Balaban J connectivity index is 1.74. The lowest BCUT2D eigenvalue weighted by molar-refractivity contribution is 0.386. The maximum atomic E-state index is 15.2. The molecule has 0 bridgehead atoms. The van der Waals surface area contributed by atoms with Crippen LogP contribution in [0.4, 0.5) is 20.4 Å². The normalized spacial score (nSPS) is 12.0. The summed E-state index contributed by atoms with van der Waals surface area (Å²) in [5.74, 6) is -1.70. The maximum Gasteiger partial charge on any atom is 0.231 e. The zero-order valence-corrected chi connectivity index (χ0v) is 17.3. The lowest BCUT2D eigenvalue weighted by Gasteiger charge is -2.13. The van der Waals surface area contributed by atoms with Crippen molar-refractivity contribution >= 4 is 45.3 Å². The van der Waals surface area contributed by atoms with Gasteiger partial charge in [-0.3, -0.25) is 4.72 Å². The molecule has 0 radical (unpaired) electrons. The number of fused-ring (bicyclic) bond motifs is 1. The van der Waals surface area contributed by atoms with Gasteiger partial charge in [0.1, 0.15) is 10.7 Å². The number of benzene rings is 1. The summed E-state index contributed by atoms with van der Waals surface area (Å²) in [4.78, 5) is 15.9. The number of rotatable bonds is 5. The molecule has 158 valence electrons. The number of anilines is 2. The zero-order valence-electron chi connectivity index (χ0n) is 15.8. The highest BCUT2D eigenvalue weighted by atomic mass is 35.5. The number of nitrogen functional groups attached to an aromatic ring is 1. The van der Waals surface area contributed by atoms with Crippen molar-refractivity contribution in [2.24, 2.45) is 0 Å². The van der Waals surface area contributed by atoms with Gasteiger partial charge in [-0.1, -0.05) is 11.6 Å². The molecule has 8 nitrogen and oxygen atoms in total. The minimum absolute atomic E-state index is 0.0321. The Kier molecular flexibility index (Phi) is 5.61. The number of pyridine rings is 2. The Labute approximate surface area is 182 Å². The van der Waals surface area contributed by atoms with Gasteiger partial charge in [0.25, 0.3) is 0 Å². The van der Waals surface area contributed by atoms with Crippen LogP contribution in [0.15, 0.2) is 47.8 Å². The van der Waals surface area contributed by atoms with Crippen LogP contribution in [0.2, 0.25) is 5.02 Å². The second-order valence-corrected chi connectivity index (χ2v) is 7.80. The quantitative estimate of drug-likeness (QED) is 0.464. The number of halogens is 3. The largest absolute Gasteiger partial charge is 0.480 e. The third-order valence-corrected chi connectivity index (χ3v) is 5.52. The maximum absolute atomic E-state index is 15.2. The fourth-order valence-electron chi connectivity index (χ4n) is 2.82. The molecule has 1 unspecified atom stereocenters. The summed E-state index contributed by atoms with van der Waals surface area (Å²) in [5.41, 5.74) is 5.39. The van der Waals surface area contributed by atoms with Crippen LogP contribution in [0.1, 0.15) is 0 Å². The summed E-state index contributed by atoms with van der Waals surface area (Å²) in [6, 6.07) is 5.04. The number of nitrogens with two attached hydrogens (primary N) is 1. The third kappa shape index (κ3) is 4.09. The van der Waals surface area contributed by atoms with E-state index in [2.05, 4.69) is 24.7 Å². The summed E-state index contributed by atoms with van der Waals surface area (Å²) in [7, 11) is -0.652. The van der Waals surface area contributed by atoms with E-state index in [0.717, 1.165) is 12.1 Å². The first-order valence-electron chi connectivity index (χ1n) is 8.62. The number of hydrogen-bond donors (Lipinski definition) is 2. The van der Waals surface area contributed by atoms with E-state index in [1.807, 2.05) is 0 Å². The van der Waals surface area contributed by atoms with Crippen LogP contribution in [0.3, 0.4) is 0 Å². The monoisotopic (exact) mass is 462 g/mol. The van der Waals surface area contributed by atoms with Gasteiger partial charge in [0.05, 0.1) is 23.4 Å². The molecule has 0 saturated heterocycles. The fraction of sp³-hybridized carbons (Fsp3) is 0.0526. The first-order valence-corrected chi connectivity index (χ1v) is 10.1. The highest BCUT2D eigenvalue weighted by molar-refractivity contribution is 7.86. The Bertz CT molecular complexity index is 1340. The van der Waals surface area contributed by atoms with E-state index < -0.39 is 22.6 Å². The standard InChI is InChI=1S/C19H13ClF2N6O2S/c1-30-18-14(5-11(20)8-25-18)31(29)28-13-3-2-12(21)15(16(13)22)9-4-10-7-26-19(23)27-17(10)24-6-9/h2-8,28H,1H3,(H2,23,24,26,27). The summed E-state index contributed by atoms with van der Waals surface area (Å²) < 4.78 is 50.1. The van der Waals surface area contributed by atoms with E-state index in [4.69, 9.17) is 22.1 Å². The van der Waals surface area contributed by atoms with Crippen molar-refractivity contribution < 1.29 is 17.7 Å². The molecule has 0 aliphatic carbocycles. The van der Waals surface area contributed by atoms with Crippen LogP contribution >= 0.6 is 11.6 Å². The molecule has 3 aromatic heterocycles. The zero-order chi connectivity index (χ0) is 22.1. The van der Waals surface area contributed by atoms with Crippen LogP contribution in [0.25, 0.3) is 22.2 Å². The molecule has 0 fully saturated rings. The Morgan fingerprint density at radius 2 is 1.94 bits per heavy atom. The van der Waals surface area contributed by atoms with Gasteiger partial charge in [-0.05, 0) is 24.3 Å². The SMILES string of the molecule is COc1ncc(Cl)cc1S(=O)Nc1ccc(F)c(-c2cnc3nc(N)ncc3c2)c1F. The molecule has 0 amide bonds. The first-order chi connectivity index (χ1) is 14.9. The van der Waals surface area contributed by atoms with Crippen molar-refractivity contribution in [1.29, 1.82) is 0 Å². The average molecular weight is 463 g/mol. The highest BCUT2D eigenvalue weighted by Gasteiger charge is 2.20. The predicted octanol–water partition coefficient (Wildman–Crippen LogP) is 3.74. The molecule has 1 aromatic carbocycles. The van der Waals surface area contributed by atoms with Gasteiger partial charge in [-0.15, -0.1) is 0 Å². The number of hydrogen-bond acceptors (Lipinski definition) is 7. The third-order valence-electron chi connectivity index (χ3n) is 4.21. The van der Waals surface area contributed by atoms with Gasteiger partial charge in [-0.2, -0.15) is 4.98 Å². The van der Waals surface area contributed by atoms with Crippen molar-refractivity contribution in [2.45, 2.75) is 4.90 Å². The van der Waals surface area contributed by atoms with Gasteiger partial charge in [-0.25, -0.2) is 27.9 Å². The Morgan fingerprint density at radius 1 is 1.13 bits per heavy atom. The van der Waals surface area contributed by atoms with E-state index in [0.29, 0.717) is 5.39 Å². The highest BCUT2D eigenvalue weighted by Crippen LogP contribution is 2.33. The summed E-state index contributed by atoms with van der Waals surface area (Å²) >= 11 is 5.91. The topological polar surface area (TPSA) is 116 Å². The van der Waals surface area contributed by atoms with Crippen LogP contribution in [-0.2, 0) is 11.0 Å². The van der Waals surface area contributed by atoms with E-state index >= 15 is 4.39 Å². The molecule has 1 atom stereocenters. The van der Waals surface area contributed by atoms with Crippen molar-refractivity contribution in [3.05, 3.63) is 59.5 Å². The molecule has 31 heavy (non-hydrogen) atoms. The van der Waals surface area contributed by atoms with Crippen LogP contribution < -0.4 is 15.2 Å². The van der Waals surface area contributed by atoms with Gasteiger partial charge in [0, 0.05) is 29.5 Å². The minimum Gasteiger partial charge on any atom is -0.480 e. The summed E-state index contributed by atoms with van der Waals surface area (Å²) in [5, 5.41) is 0.665. The molecular formula is C19H13ClF2N6O2S. The average Bonchev–Trinajstić information content (AvgIpc) is 2.75. The molecule has 3 heterocycles. The molecule has 12 heteroatoms. The molecular weight excluding hydrogens is 450 g/mol. The molecule has 0 spiro atoms. The second kappa shape index (κ2) is 8.36. The Morgan fingerprint density at radius 3 is 2.71 bits per heavy atom. The van der Waals surface area contributed by atoms with Crippen LogP contribution in [0.5, 0.6) is 5.88 Å². The number of aromatic nitrogens is 4. The molecule has 0 aliphatic heterocycles. The smallest absolute Gasteiger partial charge is 0.231 e. The lowest BCUT2D eigenvalue weighted by atomic mass is 10.0. The molecule has 4 aromatic rings. The number of nitrogens with one attached hydrogen (secondary N) is 1. The van der Waals surface area contributed by atoms with E-state index in [1.165, 1.54) is 37.8 Å². The van der Waals surface area contributed by atoms with Gasteiger partial charge < -0.3 is 10.5 Å². The predicted molar refractivity (Wildman–Crippen MR) is 113 cm³/mol. The van der Waals surface area contributed by atoms with Crippen molar-refractivity contribution in [1.82, 2.24) is 19.9 Å². The van der Waals surface area contributed by atoms with Crippen LogP contribution in [0, 0.1) is 11.6 Å². The number of ether oxygens (including phenoxy) is 1. The number of methoxy groups -OCH3 is 1. The summed E-state index contributed by atoms with van der Waals surface area (Å²) in [6.45, 7) is 0. The van der Waals surface area contributed by atoms with Gasteiger partial charge >= 0.3 is 0 Å². The van der Waals surface area contributed by atoms with Crippen LogP contribution in [-0.4, -0.2) is 31.3 Å². The van der Waals surface area contributed by atoms with E-state index in [9.17, 15) is 8.60 Å². The molecule has 4 rings (SSSR count). The molecule has 0 saturated carbocycles. The Hall–Kier alpha value is -3.44. The molecule has 0 aliphatic rings. The van der Waals surface area contributed by atoms with Crippen molar-refractivity contribution in [3.63, 3.8) is 0 Å².